The van der Waals surface area contributed by atoms with Crippen molar-refractivity contribution in [3.05, 3.63) is 47.3 Å². The van der Waals surface area contributed by atoms with E-state index >= 15 is 0 Å². The minimum absolute atomic E-state index is 0.0236. The third kappa shape index (κ3) is 5.68. The van der Waals surface area contributed by atoms with Crippen molar-refractivity contribution < 1.29 is 36.3 Å². The van der Waals surface area contributed by atoms with E-state index in [4.69, 9.17) is 0 Å². The molecule has 1 fully saturated rings. The molecular formula is C20H19F5N4O3. The van der Waals surface area contributed by atoms with Crippen molar-refractivity contribution in [2.24, 2.45) is 5.92 Å². The van der Waals surface area contributed by atoms with E-state index in [2.05, 4.69) is 25.3 Å². The number of benzene rings is 1. The van der Waals surface area contributed by atoms with E-state index in [1.54, 1.807) is 6.92 Å². The van der Waals surface area contributed by atoms with Gasteiger partial charge < -0.3 is 10.1 Å². The zero-order chi connectivity index (χ0) is 23.7. The summed E-state index contributed by atoms with van der Waals surface area (Å²) in [4.78, 5) is 32.6. The van der Waals surface area contributed by atoms with Crippen molar-refractivity contribution in [2.75, 3.05) is 5.32 Å². The van der Waals surface area contributed by atoms with Crippen LogP contribution in [-0.2, 0) is 4.79 Å². The van der Waals surface area contributed by atoms with Gasteiger partial charge in [0.2, 0.25) is 11.9 Å². The monoisotopic (exact) mass is 458 g/mol. The number of amides is 2. The van der Waals surface area contributed by atoms with Crippen LogP contribution < -0.4 is 15.4 Å². The number of carbonyl (C=O) groups excluding carboxylic acids is 2. The smallest absolute Gasteiger partial charge is 0.426 e. The predicted octanol–water partition coefficient (Wildman–Crippen LogP) is 4.16. The number of alkyl halides is 5. The van der Waals surface area contributed by atoms with Crippen molar-refractivity contribution in [1.29, 1.82) is 0 Å². The summed E-state index contributed by atoms with van der Waals surface area (Å²) in [6, 6.07) is 5.16. The fourth-order valence-electron chi connectivity index (χ4n) is 2.71. The second-order valence-corrected chi connectivity index (χ2v) is 7.37. The van der Waals surface area contributed by atoms with Crippen molar-refractivity contribution in [3.63, 3.8) is 0 Å². The second-order valence-electron chi connectivity index (χ2n) is 7.37. The van der Waals surface area contributed by atoms with Crippen LogP contribution in [0.1, 0.15) is 47.6 Å². The Morgan fingerprint density at radius 3 is 2.44 bits per heavy atom. The van der Waals surface area contributed by atoms with Gasteiger partial charge in [0, 0.05) is 11.6 Å². The summed E-state index contributed by atoms with van der Waals surface area (Å²) in [5.74, 6) is -1.71. The van der Waals surface area contributed by atoms with Gasteiger partial charge in [-0.25, -0.2) is 9.97 Å². The Bertz CT molecular complexity index is 1020. The Morgan fingerprint density at radius 1 is 1.12 bits per heavy atom. The lowest BCUT2D eigenvalue weighted by Crippen LogP contribution is -2.41. The minimum Gasteiger partial charge on any atom is -0.426 e. The number of anilines is 1. The lowest BCUT2D eigenvalue weighted by molar-refractivity contribution is -0.360. The summed E-state index contributed by atoms with van der Waals surface area (Å²) in [5.41, 5.74) is 0.599. The van der Waals surface area contributed by atoms with Crippen LogP contribution in [0.5, 0.6) is 5.75 Å². The van der Waals surface area contributed by atoms with Gasteiger partial charge >= 0.3 is 12.3 Å². The number of ether oxygens (including phenoxy) is 1. The molecule has 1 heterocycles. The molecule has 32 heavy (non-hydrogen) atoms. The molecule has 7 nitrogen and oxygen atoms in total. The molecule has 3 rings (SSSR count). The summed E-state index contributed by atoms with van der Waals surface area (Å²) in [6.07, 6.45) is -9.68. The average molecular weight is 458 g/mol. The van der Waals surface area contributed by atoms with Crippen LogP contribution in [0.3, 0.4) is 0 Å². The SMILES string of the molecule is Cc1cc(C(=O)N[C@H](C)c2cccc(OC(F)(F)C(F)(F)F)c2)nc(NC(=O)C2CC2)n1. The Kier molecular flexibility index (Phi) is 6.33. The zero-order valence-electron chi connectivity index (χ0n) is 17.0. The molecule has 1 saturated carbocycles. The number of hydrogen-bond acceptors (Lipinski definition) is 5. The first-order chi connectivity index (χ1) is 14.9. The molecule has 1 aliphatic rings. The van der Waals surface area contributed by atoms with Crippen LogP contribution in [0.15, 0.2) is 30.3 Å². The molecule has 0 radical (unpaired) electrons. The van der Waals surface area contributed by atoms with E-state index in [0.717, 1.165) is 25.0 Å². The summed E-state index contributed by atoms with van der Waals surface area (Å²) in [7, 11) is 0. The van der Waals surface area contributed by atoms with E-state index in [1.165, 1.54) is 25.1 Å². The van der Waals surface area contributed by atoms with Gasteiger partial charge in [0.15, 0.2) is 0 Å². The van der Waals surface area contributed by atoms with Gasteiger partial charge in [-0.05, 0) is 50.5 Å². The molecule has 0 saturated heterocycles. The molecule has 2 aromatic rings. The molecule has 1 atom stereocenters. The Balaban J connectivity index is 1.70. The molecule has 0 unspecified atom stereocenters. The first-order valence-corrected chi connectivity index (χ1v) is 9.56. The van der Waals surface area contributed by atoms with Crippen molar-refractivity contribution in [1.82, 2.24) is 15.3 Å². The molecular weight excluding hydrogens is 439 g/mol. The number of nitrogens with zero attached hydrogens (tertiary/aromatic N) is 2. The molecule has 2 N–H and O–H groups in total. The van der Waals surface area contributed by atoms with Crippen LogP contribution in [0.2, 0.25) is 0 Å². The van der Waals surface area contributed by atoms with Gasteiger partial charge in [0.1, 0.15) is 11.4 Å². The first-order valence-electron chi connectivity index (χ1n) is 9.56. The molecule has 0 spiro atoms. The van der Waals surface area contributed by atoms with Gasteiger partial charge in [0.05, 0.1) is 6.04 Å². The van der Waals surface area contributed by atoms with E-state index in [-0.39, 0.29) is 29.0 Å². The Labute approximate surface area is 179 Å². The van der Waals surface area contributed by atoms with Crippen LogP contribution in [0, 0.1) is 12.8 Å². The number of aryl methyl sites for hydroxylation is 1. The highest BCUT2D eigenvalue weighted by molar-refractivity contribution is 5.95. The molecule has 2 amide bonds. The highest BCUT2D eigenvalue weighted by Crippen LogP contribution is 2.37. The minimum atomic E-state index is -5.87. The number of aromatic nitrogens is 2. The zero-order valence-corrected chi connectivity index (χ0v) is 17.0. The Hall–Kier alpha value is -3.31. The van der Waals surface area contributed by atoms with Crippen molar-refractivity contribution in [3.8, 4) is 5.75 Å². The molecule has 1 aromatic heterocycles. The normalized spacial score (nSPS) is 15.1. The van der Waals surface area contributed by atoms with E-state index in [0.29, 0.717) is 5.69 Å². The van der Waals surface area contributed by atoms with Gasteiger partial charge in [-0.1, -0.05) is 12.1 Å². The quantitative estimate of drug-likeness (QED) is 0.608. The number of nitrogens with one attached hydrogen (secondary N) is 2. The van der Waals surface area contributed by atoms with E-state index < -0.39 is 30.0 Å². The maximum Gasteiger partial charge on any atom is 0.499 e. The number of carbonyl (C=O) groups is 2. The average Bonchev–Trinajstić information content (AvgIpc) is 3.51. The van der Waals surface area contributed by atoms with Crippen LogP contribution in [0.25, 0.3) is 0 Å². The fourth-order valence-corrected chi connectivity index (χ4v) is 2.71. The molecule has 0 bridgehead atoms. The van der Waals surface area contributed by atoms with Crippen LogP contribution in [0.4, 0.5) is 27.9 Å². The van der Waals surface area contributed by atoms with Crippen LogP contribution in [-0.4, -0.2) is 34.1 Å². The summed E-state index contributed by atoms with van der Waals surface area (Å²) >= 11 is 0. The highest BCUT2D eigenvalue weighted by Gasteiger charge is 2.61. The molecule has 12 heteroatoms. The van der Waals surface area contributed by atoms with Crippen molar-refractivity contribution in [2.45, 2.75) is 45.0 Å². The number of rotatable bonds is 7. The lowest BCUT2D eigenvalue weighted by atomic mass is 10.1. The van der Waals surface area contributed by atoms with Gasteiger partial charge in [0.25, 0.3) is 5.91 Å². The lowest BCUT2D eigenvalue weighted by Gasteiger charge is -2.21. The van der Waals surface area contributed by atoms with Crippen LogP contribution >= 0.6 is 0 Å². The number of halogens is 5. The maximum atomic E-state index is 13.1. The molecule has 1 aliphatic carbocycles. The second kappa shape index (κ2) is 8.67. The Morgan fingerprint density at radius 2 is 1.81 bits per heavy atom. The third-order valence-corrected chi connectivity index (χ3v) is 4.55. The molecule has 0 aliphatic heterocycles. The van der Waals surface area contributed by atoms with Gasteiger partial charge in [-0.15, -0.1) is 0 Å². The summed E-state index contributed by atoms with van der Waals surface area (Å²) in [5, 5.41) is 5.11. The van der Waals surface area contributed by atoms with Crippen molar-refractivity contribution >= 4 is 17.8 Å². The van der Waals surface area contributed by atoms with Gasteiger partial charge in [-0.3, -0.25) is 14.9 Å². The predicted molar refractivity (Wildman–Crippen MR) is 102 cm³/mol. The van der Waals surface area contributed by atoms with E-state index in [1.807, 2.05) is 0 Å². The van der Waals surface area contributed by atoms with E-state index in [9.17, 15) is 31.5 Å². The molecule has 1 aromatic carbocycles. The standard InChI is InChI=1S/C20H19F5N4O3/c1-10-8-15(28-18(26-10)29-16(30)12-6-7-12)17(31)27-11(2)13-4-3-5-14(9-13)32-20(24,25)19(21,22)23/h3-5,8-9,11-12H,6-7H2,1-2H3,(H,27,31)(H,26,28,29,30)/t11-/m1/s1. The summed E-state index contributed by atoms with van der Waals surface area (Å²) in [6.45, 7) is 3.11. The summed E-state index contributed by atoms with van der Waals surface area (Å²) < 4.78 is 67.2. The highest BCUT2D eigenvalue weighted by atomic mass is 19.4. The largest absolute Gasteiger partial charge is 0.499 e. The topological polar surface area (TPSA) is 93.2 Å². The number of hydrogen-bond donors (Lipinski definition) is 2. The maximum absolute atomic E-state index is 13.1. The van der Waals surface area contributed by atoms with Gasteiger partial charge in [-0.2, -0.15) is 22.0 Å². The third-order valence-electron chi connectivity index (χ3n) is 4.55. The first kappa shape index (κ1) is 23.4. The fraction of sp³-hybridized carbons (Fsp3) is 0.400. The molecule has 172 valence electrons.